The largest absolute Gasteiger partial charge is 0.493 e. The van der Waals surface area contributed by atoms with E-state index in [1.165, 1.54) is 18.1 Å². The number of hydrogen-bond donors (Lipinski definition) is 1. The summed E-state index contributed by atoms with van der Waals surface area (Å²) in [4.78, 5) is 13.2. The number of halogens is 2. The lowest BCUT2D eigenvalue weighted by Crippen LogP contribution is -2.19. The fraction of sp³-hybridized carbons (Fsp3) is 0.368. The maximum Gasteiger partial charge on any atom is 0.387 e. The normalized spacial score (nSPS) is 11.6. The average Bonchev–Trinajstić information content (AvgIpc) is 2.90. The molecular formula is C19H22F2N4O2S. The predicted octanol–water partition coefficient (Wildman–Crippen LogP) is 4.13. The van der Waals surface area contributed by atoms with Crippen LogP contribution in [0.5, 0.6) is 11.5 Å². The number of fused-ring (bicyclic) bond motifs is 1. The molecule has 3 rings (SSSR count). The van der Waals surface area contributed by atoms with Crippen molar-refractivity contribution in [2.75, 3.05) is 19.9 Å². The standard InChI is InChI=1S/C19H22F2N4O2S/c1-10-11(2)28-18-16(10)17(22)23-15(24-18)9-25(3)8-12-5-6-13(27-19(20)21)14(7-12)26-4/h5-7,19H,8-9H2,1-4H3,(H2,22,23,24). The maximum absolute atomic E-state index is 12.5. The van der Waals surface area contributed by atoms with Crippen molar-refractivity contribution in [1.82, 2.24) is 14.9 Å². The molecule has 2 aromatic heterocycles. The van der Waals surface area contributed by atoms with Crippen LogP contribution in [-0.2, 0) is 13.1 Å². The molecule has 2 heterocycles. The molecule has 0 aliphatic heterocycles. The topological polar surface area (TPSA) is 73.5 Å². The van der Waals surface area contributed by atoms with E-state index >= 15 is 0 Å². The van der Waals surface area contributed by atoms with E-state index in [1.54, 1.807) is 23.5 Å². The highest BCUT2D eigenvalue weighted by Gasteiger charge is 2.15. The Kier molecular flexibility index (Phi) is 5.95. The number of nitrogens with zero attached hydrogens (tertiary/aromatic N) is 3. The van der Waals surface area contributed by atoms with Crippen molar-refractivity contribution in [2.24, 2.45) is 0 Å². The van der Waals surface area contributed by atoms with Crippen LogP contribution in [0.15, 0.2) is 18.2 Å². The molecule has 0 saturated heterocycles. The van der Waals surface area contributed by atoms with Crippen molar-refractivity contribution in [3.63, 3.8) is 0 Å². The number of anilines is 1. The third-order valence-electron chi connectivity index (χ3n) is 4.41. The molecule has 150 valence electrons. The van der Waals surface area contributed by atoms with Gasteiger partial charge in [0.1, 0.15) is 16.5 Å². The second-order valence-electron chi connectivity index (χ2n) is 6.52. The van der Waals surface area contributed by atoms with Crippen LogP contribution < -0.4 is 15.2 Å². The maximum atomic E-state index is 12.5. The van der Waals surface area contributed by atoms with E-state index in [1.807, 2.05) is 25.8 Å². The van der Waals surface area contributed by atoms with Crippen molar-refractivity contribution in [3.05, 3.63) is 40.0 Å². The van der Waals surface area contributed by atoms with Gasteiger partial charge in [0.05, 0.1) is 19.0 Å². The SMILES string of the molecule is COc1cc(CN(C)Cc2nc(N)c3c(C)c(C)sc3n2)ccc1OC(F)F. The lowest BCUT2D eigenvalue weighted by Gasteiger charge is -2.17. The van der Waals surface area contributed by atoms with E-state index in [9.17, 15) is 8.78 Å². The van der Waals surface area contributed by atoms with Gasteiger partial charge in [0.2, 0.25) is 0 Å². The van der Waals surface area contributed by atoms with Gasteiger partial charge < -0.3 is 15.2 Å². The molecule has 0 radical (unpaired) electrons. The number of aryl methyl sites for hydroxylation is 2. The van der Waals surface area contributed by atoms with E-state index in [2.05, 4.69) is 14.7 Å². The van der Waals surface area contributed by atoms with E-state index in [-0.39, 0.29) is 11.5 Å². The minimum atomic E-state index is -2.90. The van der Waals surface area contributed by atoms with Crippen LogP contribution in [-0.4, -0.2) is 35.6 Å². The van der Waals surface area contributed by atoms with Crippen LogP contribution in [0.1, 0.15) is 21.8 Å². The minimum Gasteiger partial charge on any atom is -0.493 e. The Morgan fingerprint density at radius 2 is 1.93 bits per heavy atom. The zero-order chi connectivity index (χ0) is 20.4. The molecule has 0 bridgehead atoms. The Hall–Kier alpha value is -2.52. The Labute approximate surface area is 165 Å². The van der Waals surface area contributed by atoms with Gasteiger partial charge in [-0.2, -0.15) is 8.78 Å². The van der Waals surface area contributed by atoms with Crippen LogP contribution in [0.3, 0.4) is 0 Å². The second kappa shape index (κ2) is 8.24. The molecule has 28 heavy (non-hydrogen) atoms. The molecule has 0 fully saturated rings. The molecule has 1 aromatic carbocycles. The Bertz CT molecular complexity index is 994. The van der Waals surface area contributed by atoms with Gasteiger partial charge in [0.15, 0.2) is 11.5 Å². The Morgan fingerprint density at radius 3 is 2.61 bits per heavy atom. The van der Waals surface area contributed by atoms with Crippen LogP contribution in [0.2, 0.25) is 0 Å². The minimum absolute atomic E-state index is 0.00824. The van der Waals surface area contributed by atoms with Crippen LogP contribution >= 0.6 is 11.3 Å². The number of alkyl halides is 2. The smallest absolute Gasteiger partial charge is 0.387 e. The first-order chi connectivity index (χ1) is 13.3. The number of hydrogen-bond acceptors (Lipinski definition) is 7. The molecule has 3 aromatic rings. The molecular weight excluding hydrogens is 386 g/mol. The van der Waals surface area contributed by atoms with Crippen molar-refractivity contribution in [1.29, 1.82) is 0 Å². The van der Waals surface area contributed by atoms with Gasteiger partial charge >= 0.3 is 6.61 Å². The van der Waals surface area contributed by atoms with Gasteiger partial charge in [-0.3, -0.25) is 4.90 Å². The number of aromatic nitrogens is 2. The summed E-state index contributed by atoms with van der Waals surface area (Å²) in [6, 6.07) is 4.88. The molecule has 0 atom stereocenters. The lowest BCUT2D eigenvalue weighted by atomic mass is 10.2. The summed E-state index contributed by atoms with van der Waals surface area (Å²) in [6.45, 7) is 2.21. The third kappa shape index (κ3) is 4.31. The number of thiophene rings is 1. The first-order valence-corrected chi connectivity index (χ1v) is 9.42. The highest BCUT2D eigenvalue weighted by molar-refractivity contribution is 7.18. The molecule has 9 heteroatoms. The molecule has 0 amide bonds. The second-order valence-corrected chi connectivity index (χ2v) is 7.73. The highest BCUT2D eigenvalue weighted by Crippen LogP contribution is 2.32. The van der Waals surface area contributed by atoms with Crippen molar-refractivity contribution in [3.8, 4) is 11.5 Å². The average molecular weight is 408 g/mol. The van der Waals surface area contributed by atoms with Crippen LogP contribution in [0.25, 0.3) is 10.2 Å². The number of nitrogens with two attached hydrogens (primary N) is 1. The van der Waals surface area contributed by atoms with E-state index in [0.717, 1.165) is 21.3 Å². The van der Waals surface area contributed by atoms with Gasteiger partial charge in [-0.05, 0) is 44.2 Å². The van der Waals surface area contributed by atoms with Crippen molar-refractivity contribution >= 4 is 27.4 Å². The third-order valence-corrected chi connectivity index (χ3v) is 5.51. The zero-order valence-electron chi connectivity index (χ0n) is 16.1. The zero-order valence-corrected chi connectivity index (χ0v) is 16.9. The fourth-order valence-electron chi connectivity index (χ4n) is 3.01. The quantitative estimate of drug-likeness (QED) is 0.634. The number of ether oxygens (including phenoxy) is 2. The Morgan fingerprint density at radius 1 is 1.18 bits per heavy atom. The lowest BCUT2D eigenvalue weighted by molar-refractivity contribution is -0.0512. The molecule has 6 nitrogen and oxygen atoms in total. The molecule has 2 N–H and O–H groups in total. The summed E-state index contributed by atoms with van der Waals surface area (Å²) < 4.78 is 34.5. The Balaban J connectivity index is 1.75. The summed E-state index contributed by atoms with van der Waals surface area (Å²) in [5, 5.41) is 0.924. The van der Waals surface area contributed by atoms with Gasteiger partial charge in [0, 0.05) is 11.4 Å². The molecule has 0 spiro atoms. The first kappa shape index (κ1) is 20.2. The highest BCUT2D eigenvalue weighted by atomic mass is 32.1. The summed E-state index contributed by atoms with van der Waals surface area (Å²) in [5.74, 6) is 1.40. The van der Waals surface area contributed by atoms with Gasteiger partial charge in [0.25, 0.3) is 0 Å². The predicted molar refractivity (Wildman–Crippen MR) is 106 cm³/mol. The molecule has 0 saturated carbocycles. The summed E-state index contributed by atoms with van der Waals surface area (Å²) >= 11 is 1.61. The van der Waals surface area contributed by atoms with Gasteiger partial charge in [-0.15, -0.1) is 11.3 Å². The van der Waals surface area contributed by atoms with Crippen molar-refractivity contribution in [2.45, 2.75) is 33.5 Å². The van der Waals surface area contributed by atoms with Crippen LogP contribution in [0.4, 0.5) is 14.6 Å². The molecule has 0 unspecified atom stereocenters. The monoisotopic (exact) mass is 408 g/mol. The number of rotatable bonds is 7. The number of benzene rings is 1. The number of methoxy groups -OCH3 is 1. The van der Waals surface area contributed by atoms with E-state index in [4.69, 9.17) is 10.5 Å². The van der Waals surface area contributed by atoms with Gasteiger partial charge in [-0.25, -0.2) is 9.97 Å². The summed E-state index contributed by atoms with van der Waals surface area (Å²) in [5.41, 5.74) is 8.15. The van der Waals surface area contributed by atoms with Crippen molar-refractivity contribution < 1.29 is 18.3 Å². The molecule has 0 aliphatic rings. The summed E-state index contributed by atoms with van der Waals surface area (Å²) in [6.07, 6.45) is 0. The van der Waals surface area contributed by atoms with Crippen LogP contribution in [0, 0.1) is 13.8 Å². The first-order valence-electron chi connectivity index (χ1n) is 8.60. The fourth-order valence-corrected chi connectivity index (χ4v) is 4.07. The van der Waals surface area contributed by atoms with E-state index < -0.39 is 6.61 Å². The summed E-state index contributed by atoms with van der Waals surface area (Å²) in [7, 11) is 3.34. The molecule has 0 aliphatic carbocycles. The van der Waals surface area contributed by atoms with E-state index in [0.29, 0.717) is 24.7 Å². The number of nitrogen functional groups attached to an aromatic ring is 1. The van der Waals surface area contributed by atoms with Gasteiger partial charge in [-0.1, -0.05) is 6.07 Å².